The van der Waals surface area contributed by atoms with Crippen molar-refractivity contribution in [3.05, 3.63) is 63.4 Å². The fourth-order valence-electron chi connectivity index (χ4n) is 1.99. The molecule has 0 aliphatic carbocycles. The SMILES string of the molecule is COCc1ccccc1CNc1ccc(C#N)c(Br)c1F. The van der Waals surface area contributed by atoms with E-state index in [1.165, 1.54) is 0 Å². The number of hydrogen-bond donors (Lipinski definition) is 1. The number of hydrogen-bond acceptors (Lipinski definition) is 3. The maximum atomic E-state index is 14.1. The predicted molar refractivity (Wildman–Crippen MR) is 83.3 cm³/mol. The van der Waals surface area contributed by atoms with Gasteiger partial charge in [0, 0.05) is 13.7 Å². The van der Waals surface area contributed by atoms with E-state index in [0.29, 0.717) is 18.8 Å². The Morgan fingerprint density at radius 1 is 1.24 bits per heavy atom. The predicted octanol–water partition coefficient (Wildman–Crippen LogP) is 4.22. The molecule has 3 nitrogen and oxygen atoms in total. The fraction of sp³-hybridized carbons (Fsp3) is 0.188. The second-order valence-electron chi connectivity index (χ2n) is 4.46. The van der Waals surface area contributed by atoms with Crippen molar-refractivity contribution in [3.63, 3.8) is 0 Å². The number of rotatable bonds is 5. The van der Waals surface area contributed by atoms with Gasteiger partial charge < -0.3 is 10.1 Å². The number of anilines is 1. The third-order valence-corrected chi connectivity index (χ3v) is 3.87. The van der Waals surface area contributed by atoms with Crippen LogP contribution in [0.4, 0.5) is 10.1 Å². The van der Waals surface area contributed by atoms with Gasteiger partial charge in [-0.05, 0) is 39.2 Å². The van der Waals surface area contributed by atoms with Crippen LogP contribution in [0, 0.1) is 17.1 Å². The van der Waals surface area contributed by atoms with E-state index in [4.69, 9.17) is 10.00 Å². The van der Waals surface area contributed by atoms with E-state index in [0.717, 1.165) is 11.1 Å². The largest absolute Gasteiger partial charge is 0.380 e. The molecular formula is C16H14BrFN2O. The highest BCUT2D eigenvalue weighted by Gasteiger charge is 2.11. The zero-order chi connectivity index (χ0) is 15.2. The highest BCUT2D eigenvalue weighted by atomic mass is 79.9. The Hall–Kier alpha value is -1.90. The molecule has 0 aliphatic rings. The Morgan fingerprint density at radius 3 is 2.62 bits per heavy atom. The van der Waals surface area contributed by atoms with Crippen LogP contribution in [0.1, 0.15) is 16.7 Å². The molecular weight excluding hydrogens is 335 g/mol. The van der Waals surface area contributed by atoms with Crippen molar-refractivity contribution in [1.82, 2.24) is 0 Å². The lowest BCUT2D eigenvalue weighted by molar-refractivity contribution is 0.184. The smallest absolute Gasteiger partial charge is 0.161 e. The third kappa shape index (κ3) is 3.60. The monoisotopic (exact) mass is 348 g/mol. The summed E-state index contributed by atoms with van der Waals surface area (Å²) in [5.74, 6) is -0.460. The van der Waals surface area contributed by atoms with Crippen molar-refractivity contribution in [2.45, 2.75) is 13.2 Å². The van der Waals surface area contributed by atoms with Gasteiger partial charge in [-0.2, -0.15) is 5.26 Å². The highest BCUT2D eigenvalue weighted by Crippen LogP contribution is 2.27. The van der Waals surface area contributed by atoms with Crippen LogP contribution in [0.3, 0.4) is 0 Å². The molecule has 0 aromatic heterocycles. The Bertz CT molecular complexity index is 682. The zero-order valence-corrected chi connectivity index (χ0v) is 13.1. The Kier molecular flexibility index (Phi) is 5.32. The molecule has 0 heterocycles. The van der Waals surface area contributed by atoms with Gasteiger partial charge in [-0.15, -0.1) is 0 Å². The number of methoxy groups -OCH3 is 1. The van der Waals surface area contributed by atoms with Gasteiger partial charge >= 0.3 is 0 Å². The molecule has 0 atom stereocenters. The first-order valence-electron chi connectivity index (χ1n) is 6.35. The normalized spacial score (nSPS) is 10.2. The number of benzene rings is 2. The minimum Gasteiger partial charge on any atom is -0.380 e. The average Bonchev–Trinajstić information content (AvgIpc) is 2.50. The van der Waals surface area contributed by atoms with Crippen LogP contribution in [0.25, 0.3) is 0 Å². The molecule has 2 aromatic rings. The summed E-state index contributed by atoms with van der Waals surface area (Å²) in [6.07, 6.45) is 0. The maximum Gasteiger partial charge on any atom is 0.161 e. The summed E-state index contributed by atoms with van der Waals surface area (Å²) in [5, 5.41) is 11.9. The van der Waals surface area contributed by atoms with E-state index in [1.54, 1.807) is 19.2 Å². The van der Waals surface area contributed by atoms with Crippen LogP contribution in [0.5, 0.6) is 0 Å². The summed E-state index contributed by atoms with van der Waals surface area (Å²) < 4.78 is 19.4. The van der Waals surface area contributed by atoms with E-state index < -0.39 is 5.82 Å². The minimum atomic E-state index is -0.460. The first kappa shape index (κ1) is 15.5. The number of nitrogens with zero attached hydrogens (tertiary/aromatic N) is 1. The Balaban J connectivity index is 2.18. The maximum absolute atomic E-state index is 14.1. The number of halogens is 2. The zero-order valence-electron chi connectivity index (χ0n) is 11.5. The molecule has 0 aliphatic heterocycles. The van der Waals surface area contributed by atoms with Crippen LogP contribution >= 0.6 is 15.9 Å². The van der Waals surface area contributed by atoms with E-state index in [9.17, 15) is 4.39 Å². The van der Waals surface area contributed by atoms with Crippen molar-refractivity contribution < 1.29 is 9.13 Å². The second-order valence-corrected chi connectivity index (χ2v) is 5.25. The molecule has 2 aromatic carbocycles. The van der Waals surface area contributed by atoms with Gasteiger partial charge in [0.05, 0.1) is 22.3 Å². The van der Waals surface area contributed by atoms with Gasteiger partial charge in [-0.1, -0.05) is 24.3 Å². The molecule has 108 valence electrons. The summed E-state index contributed by atoms with van der Waals surface area (Å²) in [6, 6.07) is 12.9. The molecule has 0 amide bonds. The number of nitrogens with one attached hydrogen (secondary N) is 1. The highest BCUT2D eigenvalue weighted by molar-refractivity contribution is 9.10. The molecule has 5 heteroatoms. The Labute approximate surface area is 131 Å². The van der Waals surface area contributed by atoms with Gasteiger partial charge in [0.2, 0.25) is 0 Å². The lowest BCUT2D eigenvalue weighted by atomic mass is 10.1. The fourth-order valence-corrected chi connectivity index (χ4v) is 2.42. The molecule has 0 spiro atoms. The summed E-state index contributed by atoms with van der Waals surface area (Å²) in [4.78, 5) is 0. The van der Waals surface area contributed by atoms with E-state index in [2.05, 4.69) is 21.2 Å². The van der Waals surface area contributed by atoms with E-state index >= 15 is 0 Å². The quantitative estimate of drug-likeness (QED) is 0.879. The van der Waals surface area contributed by atoms with Gasteiger partial charge in [-0.25, -0.2) is 4.39 Å². The van der Waals surface area contributed by atoms with Gasteiger partial charge in [0.25, 0.3) is 0 Å². The van der Waals surface area contributed by atoms with Crippen LogP contribution in [0.15, 0.2) is 40.9 Å². The third-order valence-electron chi connectivity index (χ3n) is 3.09. The standard InChI is InChI=1S/C16H14BrFN2O/c1-21-10-13-5-3-2-4-12(13)9-20-14-7-6-11(8-19)15(17)16(14)18/h2-7,20H,9-10H2,1H3. The summed E-state index contributed by atoms with van der Waals surface area (Å²) in [5.41, 5.74) is 2.73. The molecule has 2 rings (SSSR count). The summed E-state index contributed by atoms with van der Waals surface area (Å²) >= 11 is 3.10. The molecule has 0 saturated heterocycles. The van der Waals surface area contributed by atoms with Gasteiger partial charge in [-0.3, -0.25) is 0 Å². The molecule has 0 saturated carbocycles. The van der Waals surface area contributed by atoms with Crippen LogP contribution < -0.4 is 5.32 Å². The number of nitriles is 1. The van der Waals surface area contributed by atoms with Crippen LogP contribution in [0.2, 0.25) is 0 Å². The summed E-state index contributed by atoms with van der Waals surface area (Å²) in [6.45, 7) is 0.992. The second kappa shape index (κ2) is 7.21. The van der Waals surface area contributed by atoms with Crippen molar-refractivity contribution in [2.75, 3.05) is 12.4 Å². The first-order chi connectivity index (χ1) is 10.2. The lowest BCUT2D eigenvalue weighted by Gasteiger charge is -2.12. The van der Waals surface area contributed by atoms with E-state index in [-0.39, 0.29) is 10.0 Å². The molecule has 21 heavy (non-hydrogen) atoms. The molecule has 0 unspecified atom stereocenters. The van der Waals surface area contributed by atoms with Crippen molar-refractivity contribution in [1.29, 1.82) is 5.26 Å². The lowest BCUT2D eigenvalue weighted by Crippen LogP contribution is -2.05. The van der Waals surface area contributed by atoms with Crippen LogP contribution in [-0.4, -0.2) is 7.11 Å². The topological polar surface area (TPSA) is 45.0 Å². The van der Waals surface area contributed by atoms with Crippen molar-refractivity contribution in [2.24, 2.45) is 0 Å². The van der Waals surface area contributed by atoms with Gasteiger partial charge in [0.1, 0.15) is 6.07 Å². The molecule has 0 fully saturated rings. The minimum absolute atomic E-state index is 0.181. The molecule has 0 bridgehead atoms. The first-order valence-corrected chi connectivity index (χ1v) is 7.14. The Morgan fingerprint density at radius 2 is 1.95 bits per heavy atom. The molecule has 0 radical (unpaired) electrons. The van der Waals surface area contributed by atoms with Gasteiger partial charge in [0.15, 0.2) is 5.82 Å². The van der Waals surface area contributed by atoms with E-state index in [1.807, 2.05) is 30.3 Å². The average molecular weight is 349 g/mol. The number of ether oxygens (including phenoxy) is 1. The van der Waals surface area contributed by atoms with Crippen molar-refractivity contribution >= 4 is 21.6 Å². The molecule has 1 N–H and O–H groups in total. The van der Waals surface area contributed by atoms with Crippen LogP contribution in [-0.2, 0) is 17.9 Å². The van der Waals surface area contributed by atoms with Crippen molar-refractivity contribution in [3.8, 4) is 6.07 Å². The summed E-state index contributed by atoms with van der Waals surface area (Å²) in [7, 11) is 1.64.